The van der Waals surface area contributed by atoms with Crippen LogP contribution in [0.2, 0.25) is 0 Å². The van der Waals surface area contributed by atoms with Gasteiger partial charge in [0.05, 0.1) is 18.8 Å². The molecule has 0 radical (unpaired) electrons. The van der Waals surface area contributed by atoms with E-state index in [1.54, 1.807) is 0 Å². The first-order chi connectivity index (χ1) is 9.71. The second kappa shape index (κ2) is 10.9. The SMILES string of the molecule is CCC(CSC)NCC(O)COC1CCCCC1CC. The van der Waals surface area contributed by atoms with Crippen molar-refractivity contribution in [2.24, 2.45) is 5.92 Å². The monoisotopic (exact) mass is 303 g/mol. The fourth-order valence-electron chi connectivity index (χ4n) is 2.98. The summed E-state index contributed by atoms with van der Waals surface area (Å²) >= 11 is 1.85. The van der Waals surface area contributed by atoms with Crippen LogP contribution in [0.4, 0.5) is 0 Å². The Bertz CT molecular complexity index is 241. The topological polar surface area (TPSA) is 41.5 Å². The Kier molecular flexibility index (Phi) is 9.95. The summed E-state index contributed by atoms with van der Waals surface area (Å²) in [7, 11) is 0. The van der Waals surface area contributed by atoms with Gasteiger partial charge in [-0.25, -0.2) is 0 Å². The Balaban J connectivity index is 2.19. The van der Waals surface area contributed by atoms with Crippen LogP contribution in [-0.4, -0.2) is 48.5 Å². The molecule has 0 spiro atoms. The standard InChI is InChI=1S/C16H33NO2S/c1-4-13-8-6-7-9-16(13)19-11-15(18)10-17-14(5-2)12-20-3/h13-18H,4-12H2,1-3H3. The summed E-state index contributed by atoms with van der Waals surface area (Å²) in [6, 6.07) is 0.498. The number of rotatable bonds is 10. The molecule has 20 heavy (non-hydrogen) atoms. The van der Waals surface area contributed by atoms with Gasteiger partial charge in [-0.15, -0.1) is 0 Å². The van der Waals surface area contributed by atoms with Crippen molar-refractivity contribution in [3.8, 4) is 0 Å². The molecule has 4 atom stereocenters. The minimum Gasteiger partial charge on any atom is -0.389 e. The minimum atomic E-state index is -0.384. The number of aliphatic hydroxyl groups excluding tert-OH is 1. The molecule has 0 saturated heterocycles. The van der Waals surface area contributed by atoms with Gasteiger partial charge in [-0.1, -0.05) is 33.1 Å². The van der Waals surface area contributed by atoms with Crippen molar-refractivity contribution in [2.75, 3.05) is 25.2 Å². The molecule has 0 amide bonds. The molecule has 4 unspecified atom stereocenters. The number of nitrogens with one attached hydrogen (secondary N) is 1. The molecular formula is C16H33NO2S. The molecule has 1 saturated carbocycles. The first kappa shape index (κ1) is 18.3. The van der Waals surface area contributed by atoms with E-state index in [4.69, 9.17) is 4.74 Å². The first-order valence-corrected chi connectivity index (χ1v) is 9.62. The van der Waals surface area contributed by atoms with Crippen molar-refractivity contribution >= 4 is 11.8 Å². The van der Waals surface area contributed by atoms with E-state index in [9.17, 15) is 5.11 Å². The van der Waals surface area contributed by atoms with Gasteiger partial charge in [0, 0.05) is 18.3 Å². The van der Waals surface area contributed by atoms with Crippen LogP contribution in [0.25, 0.3) is 0 Å². The molecule has 3 nitrogen and oxygen atoms in total. The normalized spacial score (nSPS) is 26.4. The van der Waals surface area contributed by atoms with Crippen LogP contribution in [-0.2, 0) is 4.74 Å². The van der Waals surface area contributed by atoms with E-state index >= 15 is 0 Å². The fourth-order valence-corrected chi connectivity index (χ4v) is 3.73. The maximum atomic E-state index is 10.1. The van der Waals surface area contributed by atoms with E-state index in [-0.39, 0.29) is 6.10 Å². The molecule has 1 rings (SSSR count). The van der Waals surface area contributed by atoms with Crippen molar-refractivity contribution in [1.29, 1.82) is 0 Å². The summed E-state index contributed by atoms with van der Waals surface area (Å²) in [6.07, 6.45) is 9.50. The van der Waals surface area contributed by atoms with Gasteiger partial charge in [-0.2, -0.15) is 11.8 Å². The predicted octanol–water partition coefficient (Wildman–Crippen LogP) is 3.06. The van der Waals surface area contributed by atoms with Crippen LogP contribution in [0.3, 0.4) is 0 Å². The molecule has 4 heteroatoms. The third kappa shape index (κ3) is 6.79. The van der Waals surface area contributed by atoms with Gasteiger partial charge in [-0.3, -0.25) is 0 Å². The summed E-state index contributed by atoms with van der Waals surface area (Å²) < 4.78 is 5.98. The summed E-state index contributed by atoms with van der Waals surface area (Å²) in [4.78, 5) is 0. The quantitative estimate of drug-likeness (QED) is 0.651. The number of aliphatic hydroxyl groups is 1. The highest BCUT2D eigenvalue weighted by atomic mass is 32.2. The largest absolute Gasteiger partial charge is 0.389 e. The Labute approximate surface area is 129 Å². The Hall–Kier alpha value is 0.230. The molecule has 2 N–H and O–H groups in total. The van der Waals surface area contributed by atoms with E-state index in [2.05, 4.69) is 25.4 Å². The number of hydrogen-bond acceptors (Lipinski definition) is 4. The molecule has 0 heterocycles. The minimum absolute atomic E-state index is 0.372. The summed E-state index contributed by atoms with van der Waals surface area (Å²) in [5.41, 5.74) is 0. The van der Waals surface area contributed by atoms with Crippen molar-refractivity contribution in [2.45, 2.75) is 70.6 Å². The summed E-state index contributed by atoms with van der Waals surface area (Å²) in [5.74, 6) is 1.80. The highest BCUT2D eigenvalue weighted by Crippen LogP contribution is 2.29. The van der Waals surface area contributed by atoms with Crippen LogP contribution in [0, 0.1) is 5.92 Å². The maximum Gasteiger partial charge on any atom is 0.0897 e. The Morgan fingerprint density at radius 1 is 1.30 bits per heavy atom. The van der Waals surface area contributed by atoms with Crippen molar-refractivity contribution in [3.63, 3.8) is 0 Å². The molecule has 120 valence electrons. The van der Waals surface area contributed by atoms with Crippen LogP contribution in [0.15, 0.2) is 0 Å². The van der Waals surface area contributed by atoms with E-state index in [0.29, 0.717) is 31.2 Å². The molecule has 0 aromatic carbocycles. The molecule has 0 bridgehead atoms. The molecule has 0 aromatic rings. The van der Waals surface area contributed by atoms with Gasteiger partial charge in [0.1, 0.15) is 0 Å². The highest BCUT2D eigenvalue weighted by molar-refractivity contribution is 7.98. The third-order valence-corrected chi connectivity index (χ3v) is 5.10. The zero-order valence-corrected chi connectivity index (χ0v) is 14.3. The van der Waals surface area contributed by atoms with E-state index in [1.807, 2.05) is 11.8 Å². The van der Waals surface area contributed by atoms with Crippen molar-refractivity contribution in [1.82, 2.24) is 5.32 Å². The predicted molar refractivity (Wildman–Crippen MR) is 88.5 cm³/mol. The van der Waals surface area contributed by atoms with Crippen LogP contribution in [0.1, 0.15) is 52.4 Å². The molecule has 0 aromatic heterocycles. The number of hydrogen-bond donors (Lipinski definition) is 2. The molecule has 0 aliphatic heterocycles. The molecule has 1 aliphatic rings. The lowest BCUT2D eigenvalue weighted by Crippen LogP contribution is -2.40. The Morgan fingerprint density at radius 3 is 2.70 bits per heavy atom. The average molecular weight is 304 g/mol. The van der Waals surface area contributed by atoms with Crippen LogP contribution < -0.4 is 5.32 Å². The van der Waals surface area contributed by atoms with Crippen LogP contribution in [0.5, 0.6) is 0 Å². The second-order valence-corrected chi connectivity index (χ2v) is 6.86. The lowest BCUT2D eigenvalue weighted by molar-refractivity contribution is -0.0502. The van der Waals surface area contributed by atoms with E-state index in [0.717, 1.165) is 12.2 Å². The lowest BCUT2D eigenvalue weighted by Gasteiger charge is -2.31. The number of ether oxygens (including phenoxy) is 1. The zero-order chi connectivity index (χ0) is 14.8. The van der Waals surface area contributed by atoms with Gasteiger partial charge >= 0.3 is 0 Å². The first-order valence-electron chi connectivity index (χ1n) is 8.23. The van der Waals surface area contributed by atoms with E-state index in [1.165, 1.54) is 32.1 Å². The number of thioether (sulfide) groups is 1. The fraction of sp³-hybridized carbons (Fsp3) is 1.00. The van der Waals surface area contributed by atoms with Crippen molar-refractivity contribution in [3.05, 3.63) is 0 Å². The average Bonchev–Trinajstić information content (AvgIpc) is 2.49. The van der Waals surface area contributed by atoms with Gasteiger partial charge in [0.25, 0.3) is 0 Å². The summed E-state index contributed by atoms with van der Waals surface area (Å²) in [5, 5.41) is 13.5. The lowest BCUT2D eigenvalue weighted by atomic mass is 9.85. The molecular weight excluding hydrogens is 270 g/mol. The summed E-state index contributed by atoms with van der Waals surface area (Å²) in [6.45, 7) is 5.55. The maximum absolute atomic E-state index is 10.1. The van der Waals surface area contributed by atoms with Crippen molar-refractivity contribution < 1.29 is 9.84 Å². The Morgan fingerprint density at radius 2 is 2.05 bits per heavy atom. The highest BCUT2D eigenvalue weighted by Gasteiger charge is 2.24. The molecule has 1 aliphatic carbocycles. The van der Waals surface area contributed by atoms with E-state index < -0.39 is 0 Å². The van der Waals surface area contributed by atoms with Gasteiger partial charge in [0.2, 0.25) is 0 Å². The second-order valence-electron chi connectivity index (χ2n) is 5.95. The van der Waals surface area contributed by atoms with Gasteiger partial charge in [0.15, 0.2) is 0 Å². The zero-order valence-electron chi connectivity index (χ0n) is 13.4. The molecule has 1 fully saturated rings. The van der Waals surface area contributed by atoms with Crippen LogP contribution >= 0.6 is 11.8 Å². The van der Waals surface area contributed by atoms with Gasteiger partial charge in [-0.05, 0) is 31.4 Å². The van der Waals surface area contributed by atoms with Gasteiger partial charge < -0.3 is 15.2 Å². The third-order valence-electron chi connectivity index (χ3n) is 4.37. The smallest absolute Gasteiger partial charge is 0.0897 e.